The average Bonchev–Trinajstić information content (AvgIpc) is 3.69. The van der Waals surface area contributed by atoms with Crippen molar-refractivity contribution in [3.05, 3.63) is 90.1 Å². The molecule has 0 bridgehead atoms. The van der Waals surface area contributed by atoms with Crippen molar-refractivity contribution in [2.24, 2.45) is 5.73 Å². The van der Waals surface area contributed by atoms with E-state index in [4.69, 9.17) is 5.73 Å². The second-order valence-electron chi connectivity index (χ2n) is 10.4. The lowest BCUT2D eigenvalue weighted by Gasteiger charge is -2.25. The van der Waals surface area contributed by atoms with Gasteiger partial charge in [-0.1, -0.05) is 48.5 Å². The molecule has 4 aromatic rings. The van der Waals surface area contributed by atoms with Crippen LogP contribution in [0.2, 0.25) is 0 Å². The molecule has 2 heterocycles. The number of aromatic amines is 2. The van der Waals surface area contributed by atoms with Crippen LogP contribution in [0, 0.1) is 0 Å². The summed E-state index contributed by atoms with van der Waals surface area (Å²) in [6.07, 6.45) is 7.22. The van der Waals surface area contributed by atoms with Crippen LogP contribution in [0.1, 0.15) is 23.2 Å². The third-order valence-corrected chi connectivity index (χ3v) is 7.85. The van der Waals surface area contributed by atoms with Gasteiger partial charge >= 0.3 is 5.97 Å². The van der Waals surface area contributed by atoms with Crippen LogP contribution in [-0.2, 0) is 38.4 Å². The summed E-state index contributed by atoms with van der Waals surface area (Å²) in [4.78, 5) is 62.5. The molecule has 4 unspecified atom stereocenters. The van der Waals surface area contributed by atoms with Crippen molar-refractivity contribution in [1.82, 2.24) is 30.9 Å². The van der Waals surface area contributed by atoms with Gasteiger partial charge in [0.15, 0.2) is 0 Å². The number of carboxylic acid groups (broad SMARTS) is 1. The molecule has 0 spiro atoms. The van der Waals surface area contributed by atoms with Crippen LogP contribution in [-0.4, -0.2) is 79.9 Å². The Morgan fingerprint density at radius 3 is 2.20 bits per heavy atom. The Kier molecular flexibility index (Phi) is 11.5. The number of aromatic nitrogens is 3. The summed E-state index contributed by atoms with van der Waals surface area (Å²) in [5.41, 5.74) is 8.99. The Morgan fingerprint density at radius 1 is 0.864 bits per heavy atom. The van der Waals surface area contributed by atoms with Crippen LogP contribution in [0.4, 0.5) is 0 Å². The van der Waals surface area contributed by atoms with E-state index in [1.165, 1.54) is 12.5 Å². The lowest BCUT2D eigenvalue weighted by atomic mass is 10.0. The summed E-state index contributed by atoms with van der Waals surface area (Å²) in [6, 6.07) is 12.3. The summed E-state index contributed by atoms with van der Waals surface area (Å²) in [7, 11) is 0. The van der Waals surface area contributed by atoms with Gasteiger partial charge in [0.05, 0.1) is 12.4 Å². The number of fused-ring (bicyclic) bond motifs is 1. The van der Waals surface area contributed by atoms with E-state index in [0.717, 1.165) is 22.0 Å². The Morgan fingerprint density at radius 2 is 1.52 bits per heavy atom. The van der Waals surface area contributed by atoms with Gasteiger partial charge in [-0.3, -0.25) is 14.4 Å². The molecule has 0 saturated heterocycles. The third kappa shape index (κ3) is 8.94. The fraction of sp³-hybridized carbons (Fsp3) is 0.323. The monoisotopic (exact) mass is 619 g/mol. The van der Waals surface area contributed by atoms with Crippen LogP contribution in [0.3, 0.4) is 0 Å². The summed E-state index contributed by atoms with van der Waals surface area (Å²) in [6.45, 7) is 0. The highest BCUT2D eigenvalue weighted by molar-refractivity contribution is 7.98. The second kappa shape index (κ2) is 15.7. The lowest BCUT2D eigenvalue weighted by molar-refractivity contribution is -0.142. The van der Waals surface area contributed by atoms with Gasteiger partial charge in [0, 0.05) is 48.3 Å². The van der Waals surface area contributed by atoms with Gasteiger partial charge < -0.3 is 36.8 Å². The van der Waals surface area contributed by atoms with Crippen LogP contribution < -0.4 is 21.7 Å². The van der Waals surface area contributed by atoms with Crippen LogP contribution in [0.25, 0.3) is 10.9 Å². The fourth-order valence-electron chi connectivity index (χ4n) is 4.80. The molecule has 0 fully saturated rings. The molecule has 0 radical (unpaired) electrons. The van der Waals surface area contributed by atoms with E-state index in [2.05, 4.69) is 30.9 Å². The Balaban J connectivity index is 1.53. The van der Waals surface area contributed by atoms with Crippen molar-refractivity contribution in [2.75, 3.05) is 12.0 Å². The maximum Gasteiger partial charge on any atom is 0.326 e. The second-order valence-corrected chi connectivity index (χ2v) is 11.4. The molecule has 4 rings (SSSR count). The Hall–Kier alpha value is -4.62. The number of hydrogen-bond donors (Lipinski definition) is 7. The molecular weight excluding hydrogens is 582 g/mol. The number of imidazole rings is 1. The summed E-state index contributed by atoms with van der Waals surface area (Å²) >= 11 is 1.56. The normalized spacial score (nSPS) is 13.9. The number of carbonyl (C=O) groups excluding carboxylic acids is 3. The molecule has 0 aliphatic rings. The largest absolute Gasteiger partial charge is 0.480 e. The number of nitrogens with one attached hydrogen (secondary N) is 5. The molecular formula is C31H37N7O5S. The number of H-pyrrole nitrogens is 2. The average molecular weight is 620 g/mol. The van der Waals surface area contributed by atoms with E-state index in [1.54, 1.807) is 18.0 Å². The summed E-state index contributed by atoms with van der Waals surface area (Å²) in [5.74, 6) is -2.32. The number of carboxylic acids is 1. The molecule has 2 aromatic carbocycles. The topological polar surface area (TPSA) is 195 Å². The number of benzene rings is 2. The molecule has 12 nitrogen and oxygen atoms in total. The van der Waals surface area contributed by atoms with Gasteiger partial charge in [-0.2, -0.15) is 11.8 Å². The number of hydrogen-bond acceptors (Lipinski definition) is 7. The van der Waals surface area contributed by atoms with Crippen molar-refractivity contribution in [3.8, 4) is 0 Å². The van der Waals surface area contributed by atoms with E-state index in [9.17, 15) is 24.3 Å². The van der Waals surface area contributed by atoms with E-state index in [-0.39, 0.29) is 19.3 Å². The predicted octanol–water partition coefficient (Wildman–Crippen LogP) is 1.54. The van der Waals surface area contributed by atoms with E-state index in [1.807, 2.05) is 60.9 Å². The number of thioether (sulfide) groups is 1. The minimum atomic E-state index is -1.27. The maximum absolute atomic E-state index is 13.7. The van der Waals surface area contributed by atoms with Gasteiger partial charge in [-0.25, -0.2) is 9.78 Å². The SMILES string of the molecule is CSCCC(N)C(=O)NC(Cc1ccccc1)C(=O)NC(Cc1cnc[nH]1)C(=O)NC(Cc1c[nH]c2ccccc12)C(=O)O. The highest BCUT2D eigenvalue weighted by Crippen LogP contribution is 2.19. The number of nitrogens with zero attached hydrogens (tertiary/aromatic N) is 1. The van der Waals surface area contributed by atoms with E-state index in [0.29, 0.717) is 17.9 Å². The van der Waals surface area contributed by atoms with Crippen LogP contribution in [0.5, 0.6) is 0 Å². The van der Waals surface area contributed by atoms with Crippen molar-refractivity contribution in [2.45, 2.75) is 49.9 Å². The smallest absolute Gasteiger partial charge is 0.326 e. The number of aliphatic carboxylic acids is 1. The molecule has 4 atom stereocenters. The first-order valence-electron chi connectivity index (χ1n) is 14.2. The van der Waals surface area contributed by atoms with Gasteiger partial charge in [0.1, 0.15) is 18.1 Å². The van der Waals surface area contributed by atoms with Crippen molar-refractivity contribution in [3.63, 3.8) is 0 Å². The summed E-state index contributed by atoms with van der Waals surface area (Å²) < 4.78 is 0. The van der Waals surface area contributed by atoms with Gasteiger partial charge in [-0.05, 0) is 35.6 Å². The number of nitrogens with two attached hydrogens (primary N) is 1. The van der Waals surface area contributed by atoms with Gasteiger partial charge in [0.25, 0.3) is 0 Å². The fourth-order valence-corrected chi connectivity index (χ4v) is 5.29. The third-order valence-electron chi connectivity index (χ3n) is 7.21. The molecule has 3 amide bonds. The zero-order valence-corrected chi connectivity index (χ0v) is 25.1. The van der Waals surface area contributed by atoms with Crippen molar-refractivity contribution < 1.29 is 24.3 Å². The van der Waals surface area contributed by atoms with Gasteiger partial charge in [0.2, 0.25) is 17.7 Å². The number of amides is 3. The number of rotatable bonds is 16. The van der Waals surface area contributed by atoms with Crippen LogP contribution in [0.15, 0.2) is 73.3 Å². The minimum Gasteiger partial charge on any atom is -0.480 e. The number of para-hydroxylation sites is 1. The zero-order valence-electron chi connectivity index (χ0n) is 24.3. The quantitative estimate of drug-likeness (QED) is 0.0981. The molecule has 8 N–H and O–H groups in total. The van der Waals surface area contributed by atoms with Crippen LogP contribution >= 0.6 is 11.8 Å². The minimum absolute atomic E-state index is 0.0102. The first kappa shape index (κ1) is 32.3. The van der Waals surface area contributed by atoms with Gasteiger partial charge in [-0.15, -0.1) is 0 Å². The molecule has 44 heavy (non-hydrogen) atoms. The van der Waals surface area contributed by atoms with Crippen molar-refractivity contribution in [1.29, 1.82) is 0 Å². The molecule has 232 valence electrons. The Bertz CT molecular complexity index is 1540. The molecule has 0 saturated carbocycles. The van der Waals surface area contributed by atoms with Crippen molar-refractivity contribution >= 4 is 46.4 Å². The highest BCUT2D eigenvalue weighted by Gasteiger charge is 2.31. The molecule has 13 heteroatoms. The zero-order chi connectivity index (χ0) is 31.5. The first-order valence-corrected chi connectivity index (χ1v) is 15.6. The molecule has 0 aliphatic carbocycles. The number of carbonyl (C=O) groups is 4. The van der Waals surface area contributed by atoms with E-state index < -0.39 is 47.9 Å². The molecule has 0 aliphatic heterocycles. The first-order chi connectivity index (χ1) is 21.2. The maximum atomic E-state index is 13.7. The van der Waals surface area contributed by atoms with E-state index >= 15 is 0 Å². The predicted molar refractivity (Wildman–Crippen MR) is 169 cm³/mol. The standard InChI is InChI=1S/C31H37N7O5S/c1-44-12-11-23(32)28(39)36-25(13-19-7-3-2-4-8-19)29(40)37-26(15-21-17-33-18-35-21)30(41)38-27(31(42)43)14-20-16-34-24-10-6-5-9-22(20)24/h2-10,16-18,23,25-27,34H,11-15,32H2,1H3,(H,33,35)(H,36,39)(H,37,40)(H,38,41)(H,42,43). The lowest BCUT2D eigenvalue weighted by Crippen LogP contribution is -2.58. The Labute approximate surface area is 259 Å². The highest BCUT2D eigenvalue weighted by atomic mass is 32.2. The molecule has 2 aromatic heterocycles. The summed E-state index contributed by atoms with van der Waals surface area (Å²) in [5, 5.41) is 18.9.